The summed E-state index contributed by atoms with van der Waals surface area (Å²) in [6.45, 7) is 3.15. The minimum atomic E-state index is 0.937. The summed E-state index contributed by atoms with van der Waals surface area (Å²) in [5, 5.41) is 3.46. The summed E-state index contributed by atoms with van der Waals surface area (Å²) >= 11 is 3.44. The lowest BCUT2D eigenvalue weighted by Crippen LogP contribution is -2.13. The highest BCUT2D eigenvalue weighted by atomic mass is 79.9. The highest BCUT2D eigenvalue weighted by Crippen LogP contribution is 2.26. The molecule has 17 heavy (non-hydrogen) atoms. The van der Waals surface area contributed by atoms with E-state index in [1.807, 2.05) is 6.20 Å². The highest BCUT2D eigenvalue weighted by molar-refractivity contribution is 9.10. The molecule has 1 aromatic heterocycles. The Hall–Kier alpha value is -0.570. The molecule has 0 radical (unpaired) electrons. The summed E-state index contributed by atoms with van der Waals surface area (Å²) in [6.07, 6.45) is 10.3. The molecule has 2 rings (SSSR count). The van der Waals surface area contributed by atoms with Crippen LogP contribution in [0, 0.1) is 12.8 Å². The van der Waals surface area contributed by atoms with Gasteiger partial charge in [0.2, 0.25) is 0 Å². The van der Waals surface area contributed by atoms with Crippen molar-refractivity contribution in [2.45, 2.75) is 45.4 Å². The normalized spacial score (nSPS) is 17.1. The minimum absolute atomic E-state index is 0.937. The molecule has 0 atom stereocenters. The van der Waals surface area contributed by atoms with Crippen LogP contribution in [0.3, 0.4) is 0 Å². The fourth-order valence-electron chi connectivity index (χ4n) is 2.60. The van der Waals surface area contributed by atoms with E-state index in [4.69, 9.17) is 0 Å². The van der Waals surface area contributed by atoms with Gasteiger partial charge in [-0.25, -0.2) is 4.98 Å². The molecule has 0 spiro atoms. The maximum atomic E-state index is 4.40. The topological polar surface area (TPSA) is 24.9 Å². The molecule has 1 aliphatic carbocycles. The Kier molecular flexibility index (Phi) is 4.84. The number of anilines is 1. The SMILES string of the molecule is Cc1cc(Br)cnc1NCCC1CCCCC1. The number of aryl methyl sites for hydroxylation is 1. The number of pyridine rings is 1. The average molecular weight is 297 g/mol. The number of nitrogens with zero attached hydrogens (tertiary/aromatic N) is 1. The number of aromatic nitrogens is 1. The molecular weight excluding hydrogens is 276 g/mol. The summed E-state index contributed by atoms with van der Waals surface area (Å²) in [4.78, 5) is 4.40. The van der Waals surface area contributed by atoms with Crippen LogP contribution in [0.2, 0.25) is 0 Å². The van der Waals surface area contributed by atoms with Crippen molar-refractivity contribution in [2.75, 3.05) is 11.9 Å². The van der Waals surface area contributed by atoms with Gasteiger partial charge in [-0.3, -0.25) is 0 Å². The second kappa shape index (κ2) is 6.39. The number of nitrogens with one attached hydrogen (secondary N) is 1. The van der Waals surface area contributed by atoms with E-state index in [9.17, 15) is 0 Å². The van der Waals surface area contributed by atoms with E-state index in [1.54, 1.807) is 0 Å². The standard InChI is InChI=1S/C14H21BrN2/c1-11-9-13(15)10-17-14(11)16-8-7-12-5-3-2-4-6-12/h9-10,12H,2-8H2,1H3,(H,16,17). The molecule has 0 aliphatic heterocycles. The molecule has 1 heterocycles. The van der Waals surface area contributed by atoms with E-state index in [2.05, 4.69) is 39.2 Å². The van der Waals surface area contributed by atoms with Gasteiger partial charge in [-0.1, -0.05) is 32.1 Å². The van der Waals surface area contributed by atoms with Crippen molar-refractivity contribution >= 4 is 21.7 Å². The van der Waals surface area contributed by atoms with Crippen LogP contribution in [-0.2, 0) is 0 Å². The minimum Gasteiger partial charge on any atom is -0.370 e. The van der Waals surface area contributed by atoms with Crippen molar-refractivity contribution in [1.29, 1.82) is 0 Å². The molecule has 94 valence electrons. The van der Waals surface area contributed by atoms with Gasteiger partial charge >= 0.3 is 0 Å². The Morgan fingerprint density at radius 2 is 2.12 bits per heavy atom. The van der Waals surface area contributed by atoms with Crippen molar-refractivity contribution < 1.29 is 0 Å². The molecule has 0 unspecified atom stereocenters. The molecule has 0 amide bonds. The third-order valence-corrected chi connectivity index (χ3v) is 4.05. The van der Waals surface area contributed by atoms with Crippen molar-refractivity contribution in [2.24, 2.45) is 5.92 Å². The van der Waals surface area contributed by atoms with Crippen molar-refractivity contribution in [3.63, 3.8) is 0 Å². The molecule has 2 nitrogen and oxygen atoms in total. The van der Waals surface area contributed by atoms with Crippen LogP contribution in [0.15, 0.2) is 16.7 Å². The summed E-state index contributed by atoms with van der Waals surface area (Å²) in [6, 6.07) is 2.11. The van der Waals surface area contributed by atoms with Gasteiger partial charge in [0.25, 0.3) is 0 Å². The molecule has 3 heteroatoms. The lowest BCUT2D eigenvalue weighted by Gasteiger charge is -2.21. The summed E-state index contributed by atoms with van der Waals surface area (Å²) in [5.41, 5.74) is 1.21. The zero-order chi connectivity index (χ0) is 12.1. The zero-order valence-corrected chi connectivity index (χ0v) is 12.1. The molecular formula is C14H21BrN2. The van der Waals surface area contributed by atoms with Crippen molar-refractivity contribution in [1.82, 2.24) is 4.98 Å². The van der Waals surface area contributed by atoms with Gasteiger partial charge in [-0.05, 0) is 46.8 Å². The maximum Gasteiger partial charge on any atom is 0.128 e. The number of rotatable bonds is 4. The average Bonchev–Trinajstić information content (AvgIpc) is 2.33. The fraction of sp³-hybridized carbons (Fsp3) is 0.643. The number of hydrogen-bond acceptors (Lipinski definition) is 2. The van der Waals surface area contributed by atoms with Crippen LogP contribution in [0.25, 0.3) is 0 Å². The first-order chi connectivity index (χ1) is 8.25. The third-order valence-electron chi connectivity index (χ3n) is 3.61. The fourth-order valence-corrected chi connectivity index (χ4v) is 3.04. The predicted octanol–water partition coefficient (Wildman–Crippen LogP) is 4.53. The highest BCUT2D eigenvalue weighted by Gasteiger charge is 2.12. The first-order valence-electron chi connectivity index (χ1n) is 6.62. The van der Waals surface area contributed by atoms with E-state index in [1.165, 1.54) is 44.1 Å². The molecule has 1 N–H and O–H groups in total. The van der Waals surface area contributed by atoms with Gasteiger partial charge in [0.05, 0.1) is 0 Å². The van der Waals surface area contributed by atoms with Gasteiger partial charge in [-0.2, -0.15) is 0 Å². The Morgan fingerprint density at radius 3 is 2.82 bits per heavy atom. The molecule has 0 aromatic carbocycles. The molecule has 0 saturated heterocycles. The summed E-state index contributed by atoms with van der Waals surface area (Å²) in [5.74, 6) is 1.97. The summed E-state index contributed by atoms with van der Waals surface area (Å²) < 4.78 is 1.05. The van der Waals surface area contributed by atoms with Gasteiger partial charge in [0.15, 0.2) is 0 Å². The van der Waals surface area contributed by atoms with Gasteiger partial charge < -0.3 is 5.32 Å². The second-order valence-corrected chi connectivity index (χ2v) is 5.95. The van der Waals surface area contributed by atoms with E-state index >= 15 is 0 Å². The molecule has 1 aliphatic rings. The van der Waals surface area contributed by atoms with E-state index < -0.39 is 0 Å². The Bertz CT molecular complexity index is 359. The first kappa shape index (κ1) is 12.9. The monoisotopic (exact) mass is 296 g/mol. The van der Waals surface area contributed by atoms with E-state index in [0.717, 1.165) is 22.8 Å². The quantitative estimate of drug-likeness (QED) is 0.883. The lowest BCUT2D eigenvalue weighted by atomic mass is 9.87. The maximum absolute atomic E-state index is 4.40. The number of hydrogen-bond donors (Lipinski definition) is 1. The smallest absolute Gasteiger partial charge is 0.128 e. The van der Waals surface area contributed by atoms with E-state index in [0.29, 0.717) is 0 Å². The van der Waals surface area contributed by atoms with Crippen LogP contribution in [0.5, 0.6) is 0 Å². The Balaban J connectivity index is 1.77. The molecule has 1 aromatic rings. The zero-order valence-electron chi connectivity index (χ0n) is 10.5. The predicted molar refractivity (Wildman–Crippen MR) is 76.4 cm³/mol. The molecule has 0 bridgehead atoms. The first-order valence-corrected chi connectivity index (χ1v) is 7.41. The van der Waals surface area contributed by atoms with Crippen LogP contribution in [-0.4, -0.2) is 11.5 Å². The van der Waals surface area contributed by atoms with E-state index in [-0.39, 0.29) is 0 Å². The summed E-state index contributed by atoms with van der Waals surface area (Å²) in [7, 11) is 0. The van der Waals surface area contributed by atoms with Crippen molar-refractivity contribution in [3.05, 3.63) is 22.3 Å². The Morgan fingerprint density at radius 1 is 1.35 bits per heavy atom. The van der Waals surface area contributed by atoms with Crippen molar-refractivity contribution in [3.8, 4) is 0 Å². The Labute approximate surface area is 112 Å². The largest absolute Gasteiger partial charge is 0.370 e. The van der Waals surface area contributed by atoms with Crippen LogP contribution in [0.1, 0.15) is 44.1 Å². The third kappa shape index (κ3) is 3.98. The van der Waals surface area contributed by atoms with Gasteiger partial charge in [0.1, 0.15) is 5.82 Å². The molecule has 1 fully saturated rings. The van der Waals surface area contributed by atoms with Crippen LogP contribution >= 0.6 is 15.9 Å². The lowest BCUT2D eigenvalue weighted by molar-refractivity contribution is 0.345. The number of halogens is 1. The van der Waals surface area contributed by atoms with Gasteiger partial charge in [-0.15, -0.1) is 0 Å². The van der Waals surface area contributed by atoms with Crippen LogP contribution in [0.4, 0.5) is 5.82 Å². The van der Waals surface area contributed by atoms with Crippen LogP contribution < -0.4 is 5.32 Å². The second-order valence-electron chi connectivity index (χ2n) is 5.04. The van der Waals surface area contributed by atoms with Gasteiger partial charge in [0, 0.05) is 17.2 Å². The molecule has 1 saturated carbocycles.